The van der Waals surface area contributed by atoms with Gasteiger partial charge in [0.25, 0.3) is 0 Å². The van der Waals surface area contributed by atoms with Gasteiger partial charge in [0.05, 0.1) is 13.8 Å². The monoisotopic (exact) mass is 255 g/mol. The summed E-state index contributed by atoms with van der Waals surface area (Å²) in [6, 6.07) is 12.2. The maximum atomic E-state index is 10.6. The van der Waals surface area contributed by atoms with Gasteiger partial charge in [0.15, 0.2) is 6.29 Å². The molecule has 0 aliphatic carbocycles. The summed E-state index contributed by atoms with van der Waals surface area (Å²) < 4.78 is 0. The molecule has 0 aliphatic heterocycles. The molecule has 0 saturated heterocycles. The Bertz CT molecular complexity index is 555. The van der Waals surface area contributed by atoms with Gasteiger partial charge in [0.2, 0.25) is 0 Å². The number of rotatable bonds is 3. The number of nitrogens with zero attached hydrogens (tertiary/aromatic N) is 1. The fraction of sp³-hybridized carbons (Fsp3) is 0.200. The molecule has 2 nitrogen and oxygen atoms in total. The average Bonchev–Trinajstić information content (AvgIpc) is 2.38. The highest BCUT2D eigenvalue weighted by Gasteiger charge is 2.16. The molecule has 0 aliphatic rings. The Balaban J connectivity index is 2.41. The quantitative estimate of drug-likeness (QED) is 0.623. The van der Waals surface area contributed by atoms with Gasteiger partial charge in [0, 0.05) is 11.8 Å². The minimum atomic E-state index is -1.30. The lowest BCUT2D eigenvalue weighted by Gasteiger charge is -2.17. The second-order valence-electron chi connectivity index (χ2n) is 5.43. The van der Waals surface area contributed by atoms with Crippen molar-refractivity contribution in [2.75, 3.05) is 0 Å². The van der Waals surface area contributed by atoms with E-state index in [1.807, 2.05) is 6.07 Å². The van der Waals surface area contributed by atoms with Crippen LogP contribution < -0.4 is 5.19 Å². The van der Waals surface area contributed by atoms with E-state index in [4.69, 9.17) is 0 Å². The number of aldehydes is 1. The number of carbonyl (C=O) groups excluding carboxylic acids is 1. The molecule has 0 saturated carbocycles. The molecule has 0 atom stereocenters. The van der Waals surface area contributed by atoms with E-state index in [1.165, 1.54) is 5.19 Å². The predicted molar refractivity (Wildman–Crippen MR) is 78.0 cm³/mol. The van der Waals surface area contributed by atoms with Crippen molar-refractivity contribution in [3.05, 3.63) is 48.2 Å². The maximum Gasteiger partial charge on any atom is 0.151 e. The molecule has 0 radical (unpaired) electrons. The number of hydrogen-bond acceptors (Lipinski definition) is 2. The summed E-state index contributed by atoms with van der Waals surface area (Å²) in [7, 11) is -1.30. The van der Waals surface area contributed by atoms with Crippen molar-refractivity contribution in [3.63, 3.8) is 0 Å². The smallest absolute Gasteiger partial charge is 0.151 e. The minimum Gasteiger partial charge on any atom is -0.298 e. The Morgan fingerprint density at radius 1 is 1.11 bits per heavy atom. The van der Waals surface area contributed by atoms with Crippen LogP contribution in [0, 0.1) is 0 Å². The summed E-state index contributed by atoms with van der Waals surface area (Å²) in [4.78, 5) is 14.9. The van der Waals surface area contributed by atoms with Crippen LogP contribution in [-0.2, 0) is 0 Å². The minimum absolute atomic E-state index is 0.611. The second-order valence-corrected chi connectivity index (χ2v) is 10.5. The van der Waals surface area contributed by atoms with Gasteiger partial charge in [-0.05, 0) is 17.7 Å². The largest absolute Gasteiger partial charge is 0.298 e. The molecule has 0 N–H and O–H groups in total. The van der Waals surface area contributed by atoms with Gasteiger partial charge in [0.1, 0.15) is 0 Å². The molecule has 0 unspecified atom stereocenters. The summed E-state index contributed by atoms with van der Waals surface area (Å²) in [5.74, 6) is 0. The van der Waals surface area contributed by atoms with Gasteiger partial charge in [-0.15, -0.1) is 0 Å². The lowest BCUT2D eigenvalue weighted by atomic mass is 10.1. The Hall–Kier alpha value is -1.74. The van der Waals surface area contributed by atoms with Gasteiger partial charge in [-0.25, -0.2) is 0 Å². The third-order valence-electron chi connectivity index (χ3n) is 2.95. The van der Waals surface area contributed by atoms with Gasteiger partial charge < -0.3 is 0 Å². The average molecular weight is 255 g/mol. The lowest BCUT2D eigenvalue weighted by molar-refractivity contribution is 0.112. The first-order chi connectivity index (χ1) is 8.50. The molecule has 3 heteroatoms. The first kappa shape index (κ1) is 12.7. The highest BCUT2D eigenvalue weighted by molar-refractivity contribution is 6.88. The molecule has 18 heavy (non-hydrogen) atoms. The highest BCUT2D eigenvalue weighted by Crippen LogP contribution is 2.16. The van der Waals surface area contributed by atoms with E-state index in [-0.39, 0.29) is 0 Å². The number of hydrogen-bond donors (Lipinski definition) is 0. The Morgan fingerprint density at radius 2 is 1.89 bits per heavy atom. The zero-order valence-corrected chi connectivity index (χ0v) is 12.0. The van der Waals surface area contributed by atoms with Crippen LogP contribution in [0.15, 0.2) is 42.6 Å². The fourth-order valence-electron chi connectivity index (χ4n) is 1.79. The first-order valence-electron chi connectivity index (χ1n) is 6.03. The van der Waals surface area contributed by atoms with E-state index in [0.717, 1.165) is 17.5 Å². The summed E-state index contributed by atoms with van der Waals surface area (Å²) >= 11 is 0. The standard InChI is InChI=1S/C15H17NOSi/c1-18(2,3)14-6-4-5-13(9-14)15-8-7-12(11-17)10-16-15/h4-11H,1-3H3. The molecule has 2 aromatic rings. The fourth-order valence-corrected chi connectivity index (χ4v) is 2.98. The van der Waals surface area contributed by atoms with Crippen LogP contribution in [0.4, 0.5) is 0 Å². The van der Waals surface area contributed by atoms with Gasteiger partial charge in [-0.2, -0.15) is 0 Å². The van der Waals surface area contributed by atoms with Crippen molar-refractivity contribution in [2.24, 2.45) is 0 Å². The molecule has 0 bridgehead atoms. The van der Waals surface area contributed by atoms with Crippen molar-refractivity contribution < 1.29 is 4.79 Å². The van der Waals surface area contributed by atoms with E-state index in [2.05, 4.69) is 48.9 Å². The van der Waals surface area contributed by atoms with Crippen LogP contribution in [0.2, 0.25) is 19.6 Å². The van der Waals surface area contributed by atoms with E-state index in [1.54, 1.807) is 12.3 Å². The number of aromatic nitrogens is 1. The third-order valence-corrected chi connectivity index (χ3v) is 4.99. The van der Waals surface area contributed by atoms with Crippen molar-refractivity contribution in [1.29, 1.82) is 0 Å². The lowest BCUT2D eigenvalue weighted by Crippen LogP contribution is -2.37. The summed E-state index contributed by atoms with van der Waals surface area (Å²) in [6.07, 6.45) is 2.43. The molecule has 0 spiro atoms. The van der Waals surface area contributed by atoms with Crippen molar-refractivity contribution in [3.8, 4) is 11.3 Å². The van der Waals surface area contributed by atoms with Gasteiger partial charge >= 0.3 is 0 Å². The zero-order valence-electron chi connectivity index (χ0n) is 11.0. The number of benzene rings is 1. The van der Waals surface area contributed by atoms with Crippen molar-refractivity contribution in [2.45, 2.75) is 19.6 Å². The molecule has 0 amide bonds. The van der Waals surface area contributed by atoms with E-state index in [0.29, 0.717) is 5.56 Å². The molecule has 0 fully saturated rings. The highest BCUT2D eigenvalue weighted by atomic mass is 28.3. The zero-order chi connectivity index (χ0) is 13.2. The Morgan fingerprint density at radius 3 is 2.44 bits per heavy atom. The van der Waals surface area contributed by atoms with E-state index in [9.17, 15) is 4.79 Å². The number of pyridine rings is 1. The molecule has 1 heterocycles. The van der Waals surface area contributed by atoms with Crippen LogP contribution in [-0.4, -0.2) is 19.3 Å². The molecule has 2 rings (SSSR count). The van der Waals surface area contributed by atoms with Crippen LogP contribution in [0.1, 0.15) is 10.4 Å². The molecule has 1 aromatic carbocycles. The molecular weight excluding hydrogens is 238 g/mol. The third kappa shape index (κ3) is 2.74. The SMILES string of the molecule is C[Si](C)(C)c1cccc(-c2ccc(C=O)cn2)c1. The number of carbonyl (C=O) groups is 1. The summed E-state index contributed by atoms with van der Waals surface area (Å²) in [5, 5.41) is 1.42. The van der Waals surface area contributed by atoms with E-state index < -0.39 is 8.07 Å². The second kappa shape index (κ2) is 4.86. The normalized spacial score (nSPS) is 11.3. The van der Waals surface area contributed by atoms with Crippen LogP contribution >= 0.6 is 0 Å². The Labute approximate surface area is 109 Å². The maximum absolute atomic E-state index is 10.6. The van der Waals surface area contributed by atoms with Gasteiger partial charge in [-0.3, -0.25) is 9.78 Å². The van der Waals surface area contributed by atoms with Crippen molar-refractivity contribution >= 4 is 19.5 Å². The molecule has 1 aromatic heterocycles. The van der Waals surface area contributed by atoms with Gasteiger partial charge in [-0.1, -0.05) is 49.1 Å². The van der Waals surface area contributed by atoms with Crippen LogP contribution in [0.5, 0.6) is 0 Å². The Kier molecular flexibility index (Phi) is 3.43. The predicted octanol–water partition coefficient (Wildman–Crippen LogP) is 3.11. The summed E-state index contributed by atoms with van der Waals surface area (Å²) in [5.41, 5.74) is 2.65. The van der Waals surface area contributed by atoms with Crippen LogP contribution in [0.25, 0.3) is 11.3 Å². The first-order valence-corrected chi connectivity index (χ1v) is 9.53. The molecular formula is C15H17NOSi. The summed E-state index contributed by atoms with van der Waals surface area (Å²) in [6.45, 7) is 6.99. The van der Waals surface area contributed by atoms with Crippen LogP contribution in [0.3, 0.4) is 0 Å². The topological polar surface area (TPSA) is 30.0 Å². The molecule has 92 valence electrons. The van der Waals surface area contributed by atoms with Crippen molar-refractivity contribution in [1.82, 2.24) is 4.98 Å². The van der Waals surface area contributed by atoms with E-state index >= 15 is 0 Å².